The number of hydrogen-bond acceptors (Lipinski definition) is 7. The average molecular weight is 481 g/mol. The predicted molar refractivity (Wildman–Crippen MR) is 121 cm³/mol. The number of ether oxygens (including phenoxy) is 3. The summed E-state index contributed by atoms with van der Waals surface area (Å²) in [6.07, 6.45) is 0. The number of nitrogens with one attached hydrogen (secondary N) is 1. The van der Waals surface area contributed by atoms with Crippen LogP contribution in [0.15, 0.2) is 36.4 Å². The van der Waals surface area contributed by atoms with Gasteiger partial charge in [-0.05, 0) is 48.9 Å². The van der Waals surface area contributed by atoms with Gasteiger partial charge in [-0.2, -0.15) is 0 Å². The van der Waals surface area contributed by atoms with Crippen LogP contribution in [0.3, 0.4) is 0 Å². The number of hydrogen-bond donors (Lipinski definition) is 1. The Bertz CT molecular complexity index is 1130. The molecule has 162 valence electrons. The highest BCUT2D eigenvalue weighted by atomic mass is 35.5. The Balaban J connectivity index is 2.01. The number of halogens is 2. The first-order valence-corrected chi connectivity index (χ1v) is 10.6. The lowest BCUT2D eigenvalue weighted by molar-refractivity contribution is 0.0533. The summed E-state index contributed by atoms with van der Waals surface area (Å²) in [6.45, 7) is 1.89. The quantitative estimate of drug-likeness (QED) is 0.351. The van der Waals surface area contributed by atoms with Crippen molar-refractivity contribution in [2.45, 2.75) is 6.92 Å². The van der Waals surface area contributed by atoms with Gasteiger partial charge in [-0.1, -0.05) is 23.2 Å². The molecule has 2 heterocycles. The summed E-state index contributed by atoms with van der Waals surface area (Å²) in [4.78, 5) is 30.2. The van der Waals surface area contributed by atoms with Crippen LogP contribution in [0.4, 0.5) is 5.69 Å². The molecule has 0 spiro atoms. The third-order valence-electron chi connectivity index (χ3n) is 4.14. The Hall–Kier alpha value is -2.81. The zero-order chi connectivity index (χ0) is 22.5. The van der Waals surface area contributed by atoms with E-state index >= 15 is 0 Å². The molecular formula is C21H18Cl2N2O5S. The molecule has 2 aromatic heterocycles. The summed E-state index contributed by atoms with van der Waals surface area (Å²) >= 11 is 13.1. The number of aromatic nitrogens is 1. The Labute approximate surface area is 192 Å². The van der Waals surface area contributed by atoms with Crippen LogP contribution in [0.2, 0.25) is 10.2 Å². The lowest BCUT2D eigenvalue weighted by Crippen LogP contribution is -2.16. The Morgan fingerprint density at radius 3 is 2.48 bits per heavy atom. The Kier molecular flexibility index (Phi) is 7.37. The number of thiophene rings is 1. The minimum Gasteiger partial charge on any atom is -0.493 e. The van der Waals surface area contributed by atoms with Gasteiger partial charge in [-0.15, -0.1) is 11.3 Å². The Morgan fingerprint density at radius 1 is 1.06 bits per heavy atom. The van der Waals surface area contributed by atoms with Crippen molar-refractivity contribution in [3.05, 3.63) is 57.1 Å². The summed E-state index contributed by atoms with van der Waals surface area (Å²) in [7, 11) is 3.08. The van der Waals surface area contributed by atoms with Gasteiger partial charge in [0.25, 0.3) is 5.91 Å². The number of rotatable bonds is 7. The second-order valence-corrected chi connectivity index (χ2v) is 7.91. The molecule has 7 nitrogen and oxygen atoms in total. The number of carbonyl (C=O) groups excluding carboxylic acids is 2. The van der Waals surface area contributed by atoms with Crippen molar-refractivity contribution >= 4 is 52.1 Å². The van der Waals surface area contributed by atoms with Crippen LogP contribution in [0, 0.1) is 0 Å². The number of nitrogens with zero attached hydrogens (tertiary/aromatic N) is 1. The summed E-state index contributed by atoms with van der Waals surface area (Å²) in [6, 6.07) is 9.98. The molecule has 0 unspecified atom stereocenters. The molecule has 0 saturated heterocycles. The van der Waals surface area contributed by atoms with Gasteiger partial charge in [-0.25, -0.2) is 9.78 Å². The van der Waals surface area contributed by atoms with Crippen molar-refractivity contribution in [3.63, 3.8) is 0 Å². The zero-order valence-electron chi connectivity index (χ0n) is 16.8. The maximum Gasteiger partial charge on any atom is 0.350 e. The largest absolute Gasteiger partial charge is 0.493 e. The molecule has 0 saturated carbocycles. The second kappa shape index (κ2) is 10.00. The van der Waals surface area contributed by atoms with E-state index in [1.54, 1.807) is 32.2 Å². The van der Waals surface area contributed by atoms with E-state index in [-0.39, 0.29) is 33.0 Å². The van der Waals surface area contributed by atoms with Gasteiger partial charge in [0.05, 0.1) is 31.5 Å². The standard InChI is InChI=1S/C21H18Cl2N2O5S/c1-4-30-21(27)19-13(24-20(26)18-12(22)6-8-17(23)25-18)10-16(31-19)11-5-7-14(28-2)15(9-11)29-3/h5-10H,4H2,1-3H3,(H,24,26). The average Bonchev–Trinajstić information content (AvgIpc) is 3.18. The highest BCUT2D eigenvalue weighted by Gasteiger charge is 2.22. The highest BCUT2D eigenvalue weighted by Crippen LogP contribution is 2.39. The molecule has 0 atom stereocenters. The first-order valence-electron chi connectivity index (χ1n) is 9.04. The van der Waals surface area contributed by atoms with Crippen molar-refractivity contribution in [1.29, 1.82) is 0 Å². The van der Waals surface area contributed by atoms with Gasteiger partial charge in [0, 0.05) is 4.88 Å². The molecule has 1 N–H and O–H groups in total. The Morgan fingerprint density at radius 2 is 1.81 bits per heavy atom. The van der Waals surface area contributed by atoms with Crippen LogP contribution in [0.1, 0.15) is 27.1 Å². The molecule has 0 radical (unpaired) electrons. The highest BCUT2D eigenvalue weighted by molar-refractivity contribution is 7.18. The fourth-order valence-electron chi connectivity index (χ4n) is 2.72. The maximum absolute atomic E-state index is 12.7. The van der Waals surface area contributed by atoms with Crippen LogP contribution in [0.5, 0.6) is 11.5 Å². The smallest absolute Gasteiger partial charge is 0.350 e. The first kappa shape index (κ1) is 22.9. The second-order valence-electron chi connectivity index (χ2n) is 6.06. The molecule has 1 amide bonds. The van der Waals surface area contributed by atoms with Gasteiger partial charge in [0.1, 0.15) is 15.7 Å². The van der Waals surface area contributed by atoms with Crippen molar-refractivity contribution in [2.75, 3.05) is 26.1 Å². The minimum absolute atomic E-state index is 0.0529. The summed E-state index contributed by atoms with van der Waals surface area (Å²) < 4.78 is 15.8. The van der Waals surface area contributed by atoms with Gasteiger partial charge in [0.2, 0.25) is 0 Å². The lowest BCUT2D eigenvalue weighted by atomic mass is 10.1. The summed E-state index contributed by atoms with van der Waals surface area (Å²) in [5.41, 5.74) is 0.992. The molecule has 0 aliphatic carbocycles. The van der Waals surface area contributed by atoms with Gasteiger partial charge < -0.3 is 19.5 Å². The number of carbonyl (C=O) groups is 2. The van der Waals surface area contributed by atoms with Gasteiger partial charge in [0.15, 0.2) is 11.5 Å². The molecule has 31 heavy (non-hydrogen) atoms. The minimum atomic E-state index is -0.602. The van der Waals surface area contributed by atoms with Crippen LogP contribution in [-0.2, 0) is 4.74 Å². The molecule has 1 aromatic carbocycles. The number of methoxy groups -OCH3 is 2. The van der Waals surface area contributed by atoms with Crippen molar-refractivity contribution < 1.29 is 23.8 Å². The van der Waals surface area contributed by atoms with E-state index in [0.29, 0.717) is 16.4 Å². The number of anilines is 1. The van der Waals surface area contributed by atoms with Crippen LogP contribution >= 0.6 is 34.5 Å². The van der Waals surface area contributed by atoms with E-state index in [2.05, 4.69) is 10.3 Å². The molecule has 0 aliphatic rings. The molecule has 3 aromatic rings. The normalized spacial score (nSPS) is 10.5. The van der Waals surface area contributed by atoms with Crippen molar-refractivity contribution in [1.82, 2.24) is 4.98 Å². The first-order chi connectivity index (χ1) is 14.9. The fourth-order valence-corrected chi connectivity index (χ4v) is 4.07. The zero-order valence-corrected chi connectivity index (χ0v) is 19.2. The lowest BCUT2D eigenvalue weighted by Gasteiger charge is -2.08. The van der Waals surface area contributed by atoms with E-state index in [0.717, 1.165) is 5.56 Å². The van der Waals surface area contributed by atoms with Crippen molar-refractivity contribution in [2.24, 2.45) is 0 Å². The van der Waals surface area contributed by atoms with E-state index in [1.165, 1.54) is 30.6 Å². The van der Waals surface area contributed by atoms with E-state index in [9.17, 15) is 9.59 Å². The molecule has 0 fully saturated rings. The summed E-state index contributed by atoms with van der Waals surface area (Å²) in [5, 5.41) is 2.94. The molecule has 0 bridgehead atoms. The SMILES string of the molecule is CCOC(=O)c1sc(-c2ccc(OC)c(OC)c2)cc1NC(=O)c1nc(Cl)ccc1Cl. The van der Waals surface area contributed by atoms with Gasteiger partial charge in [-0.3, -0.25) is 4.79 Å². The molecular weight excluding hydrogens is 463 g/mol. The molecule has 10 heteroatoms. The molecule has 0 aliphatic heterocycles. The number of benzene rings is 1. The third-order valence-corrected chi connectivity index (χ3v) is 5.82. The van der Waals surface area contributed by atoms with Crippen LogP contribution in [-0.4, -0.2) is 37.7 Å². The van der Waals surface area contributed by atoms with Crippen LogP contribution < -0.4 is 14.8 Å². The van der Waals surface area contributed by atoms with Gasteiger partial charge >= 0.3 is 5.97 Å². The number of esters is 1. The monoisotopic (exact) mass is 480 g/mol. The van der Waals surface area contributed by atoms with Crippen molar-refractivity contribution in [3.8, 4) is 21.9 Å². The van der Waals surface area contributed by atoms with Crippen LogP contribution in [0.25, 0.3) is 10.4 Å². The number of amides is 1. The summed E-state index contributed by atoms with van der Waals surface area (Å²) in [5.74, 6) is -0.0513. The number of pyridine rings is 1. The molecule has 3 rings (SSSR count). The fraction of sp³-hybridized carbons (Fsp3) is 0.190. The predicted octanol–water partition coefficient (Wildman–Crippen LogP) is 5.56. The maximum atomic E-state index is 12.7. The topological polar surface area (TPSA) is 86.8 Å². The van der Waals surface area contributed by atoms with E-state index < -0.39 is 11.9 Å². The third kappa shape index (κ3) is 5.10. The van der Waals surface area contributed by atoms with E-state index in [1.807, 2.05) is 6.07 Å². The van der Waals surface area contributed by atoms with E-state index in [4.69, 9.17) is 37.4 Å².